The van der Waals surface area contributed by atoms with Crippen molar-refractivity contribution in [1.29, 1.82) is 0 Å². The van der Waals surface area contributed by atoms with Crippen LogP contribution in [0.4, 0.5) is 0 Å². The molecule has 2 N–H and O–H groups in total. The van der Waals surface area contributed by atoms with Gasteiger partial charge in [0.15, 0.2) is 0 Å². The number of nitrogens with two attached hydrogens (primary N) is 1. The van der Waals surface area contributed by atoms with Crippen LogP contribution < -0.4 is 5.73 Å². The van der Waals surface area contributed by atoms with Crippen LogP contribution in [0.25, 0.3) is 0 Å². The Kier molecular flexibility index (Phi) is 2.41. The lowest BCUT2D eigenvalue weighted by Crippen LogP contribution is -2.10. The van der Waals surface area contributed by atoms with E-state index in [0.717, 1.165) is 17.7 Å². The Morgan fingerprint density at radius 3 is 2.75 bits per heavy atom. The molecule has 0 spiro atoms. The molecule has 0 aromatic carbocycles. The Morgan fingerprint density at radius 1 is 1.50 bits per heavy atom. The molecule has 0 heterocycles. The minimum atomic E-state index is 0.137. The van der Waals surface area contributed by atoms with Crippen molar-refractivity contribution in [2.24, 2.45) is 11.1 Å². The van der Waals surface area contributed by atoms with Gasteiger partial charge in [0.05, 0.1) is 0 Å². The molecule has 0 radical (unpaired) electrons. The molecule has 0 bridgehead atoms. The molecule has 0 aliphatic heterocycles. The summed E-state index contributed by atoms with van der Waals surface area (Å²) in [7, 11) is 0. The van der Waals surface area contributed by atoms with E-state index in [1.54, 1.807) is 0 Å². The largest absolute Gasteiger partial charge is 0.399 e. The summed E-state index contributed by atoms with van der Waals surface area (Å²) in [5, 5.41) is 0. The first-order valence-corrected chi connectivity index (χ1v) is 4.42. The van der Waals surface area contributed by atoms with Crippen molar-refractivity contribution >= 4 is 0 Å². The highest BCUT2D eigenvalue weighted by Gasteiger charge is 2.17. The monoisotopic (exact) mass is 163 g/mol. The Hall–Kier alpha value is -0.980. The zero-order valence-corrected chi connectivity index (χ0v) is 8.09. The third-order valence-corrected chi connectivity index (χ3v) is 2.53. The molecular formula is C11H17N. The minimum absolute atomic E-state index is 0.137. The second-order valence-corrected chi connectivity index (χ2v) is 3.67. The second kappa shape index (κ2) is 3.18. The molecule has 0 amide bonds. The van der Waals surface area contributed by atoms with E-state index in [1.165, 1.54) is 0 Å². The van der Waals surface area contributed by atoms with Crippen molar-refractivity contribution in [2.45, 2.75) is 27.2 Å². The fourth-order valence-electron chi connectivity index (χ4n) is 1.25. The predicted octanol–water partition coefficient (Wildman–Crippen LogP) is 2.76. The zero-order valence-electron chi connectivity index (χ0n) is 8.09. The maximum absolute atomic E-state index is 5.88. The van der Waals surface area contributed by atoms with Gasteiger partial charge in [-0.3, -0.25) is 0 Å². The number of hydrogen-bond acceptors (Lipinski definition) is 1. The maximum atomic E-state index is 5.88. The van der Waals surface area contributed by atoms with Crippen LogP contribution >= 0.6 is 0 Å². The summed E-state index contributed by atoms with van der Waals surface area (Å²) in [6.07, 6.45) is 9.59. The number of rotatable bonds is 1. The predicted molar refractivity (Wildman–Crippen MR) is 53.6 cm³/mol. The van der Waals surface area contributed by atoms with Gasteiger partial charge in [-0.15, -0.1) is 0 Å². The van der Waals surface area contributed by atoms with Gasteiger partial charge in [0.1, 0.15) is 0 Å². The quantitative estimate of drug-likeness (QED) is 0.632. The fraction of sp³-hybridized carbons (Fsp3) is 0.455. The molecule has 1 unspecified atom stereocenters. The topological polar surface area (TPSA) is 26.0 Å². The van der Waals surface area contributed by atoms with E-state index >= 15 is 0 Å². The Balaban J connectivity index is 3.02. The molecule has 0 aromatic heterocycles. The van der Waals surface area contributed by atoms with Crippen LogP contribution in [0, 0.1) is 5.41 Å². The van der Waals surface area contributed by atoms with Crippen LogP contribution in [-0.2, 0) is 0 Å². The third-order valence-electron chi connectivity index (χ3n) is 2.53. The third kappa shape index (κ3) is 1.79. The van der Waals surface area contributed by atoms with Crippen LogP contribution in [0.2, 0.25) is 0 Å². The highest BCUT2D eigenvalue weighted by molar-refractivity contribution is 5.35. The Bertz CT molecular complexity index is 258. The van der Waals surface area contributed by atoms with Gasteiger partial charge in [0.2, 0.25) is 0 Å². The van der Waals surface area contributed by atoms with Gasteiger partial charge >= 0.3 is 0 Å². The van der Waals surface area contributed by atoms with Crippen LogP contribution in [0.1, 0.15) is 27.2 Å². The molecule has 66 valence electrons. The summed E-state index contributed by atoms with van der Waals surface area (Å²) >= 11 is 0. The standard InChI is InChI=1S/C11H17N/c1-4-11(3)7-5-6-9(2)10(12)8-11/h5-8H,4,12H2,1-3H3. The molecule has 1 atom stereocenters. The van der Waals surface area contributed by atoms with Gasteiger partial charge in [-0.1, -0.05) is 38.2 Å². The van der Waals surface area contributed by atoms with Crippen molar-refractivity contribution in [3.63, 3.8) is 0 Å². The number of allylic oxidation sites excluding steroid dienone is 5. The summed E-state index contributed by atoms with van der Waals surface area (Å²) in [4.78, 5) is 0. The molecule has 1 nitrogen and oxygen atoms in total. The summed E-state index contributed by atoms with van der Waals surface area (Å²) in [6, 6.07) is 0. The van der Waals surface area contributed by atoms with Crippen molar-refractivity contribution in [2.75, 3.05) is 0 Å². The lowest BCUT2D eigenvalue weighted by atomic mass is 9.86. The Morgan fingerprint density at radius 2 is 2.17 bits per heavy atom. The molecule has 1 aliphatic rings. The lowest BCUT2D eigenvalue weighted by molar-refractivity contribution is 0.527. The van der Waals surface area contributed by atoms with Crippen LogP contribution in [0.5, 0.6) is 0 Å². The molecular weight excluding hydrogens is 146 g/mol. The van der Waals surface area contributed by atoms with E-state index in [9.17, 15) is 0 Å². The lowest BCUT2D eigenvalue weighted by Gasteiger charge is -2.19. The zero-order chi connectivity index (χ0) is 9.19. The van der Waals surface area contributed by atoms with Gasteiger partial charge in [-0.05, 0) is 18.9 Å². The van der Waals surface area contributed by atoms with Crippen LogP contribution in [-0.4, -0.2) is 0 Å². The van der Waals surface area contributed by atoms with Gasteiger partial charge < -0.3 is 5.73 Å². The fourth-order valence-corrected chi connectivity index (χ4v) is 1.25. The molecule has 12 heavy (non-hydrogen) atoms. The van der Waals surface area contributed by atoms with Gasteiger partial charge in [-0.2, -0.15) is 0 Å². The first kappa shape index (κ1) is 9.11. The molecule has 0 aromatic rings. The normalized spacial score (nSPS) is 29.2. The van der Waals surface area contributed by atoms with Crippen molar-refractivity contribution < 1.29 is 0 Å². The average Bonchev–Trinajstić information content (AvgIpc) is 2.14. The van der Waals surface area contributed by atoms with Crippen molar-refractivity contribution in [1.82, 2.24) is 0 Å². The van der Waals surface area contributed by atoms with Gasteiger partial charge in [-0.25, -0.2) is 0 Å². The first-order chi connectivity index (χ1) is 5.57. The molecule has 1 aliphatic carbocycles. The van der Waals surface area contributed by atoms with E-state index in [0.29, 0.717) is 0 Å². The highest BCUT2D eigenvalue weighted by Crippen LogP contribution is 2.28. The molecule has 1 rings (SSSR count). The van der Waals surface area contributed by atoms with Gasteiger partial charge in [0, 0.05) is 11.1 Å². The second-order valence-electron chi connectivity index (χ2n) is 3.67. The van der Waals surface area contributed by atoms with Gasteiger partial charge in [0.25, 0.3) is 0 Å². The first-order valence-electron chi connectivity index (χ1n) is 4.42. The summed E-state index contributed by atoms with van der Waals surface area (Å²) in [6.45, 7) is 6.41. The van der Waals surface area contributed by atoms with E-state index in [-0.39, 0.29) is 5.41 Å². The van der Waals surface area contributed by atoms with Crippen molar-refractivity contribution in [3.05, 3.63) is 35.6 Å². The summed E-state index contributed by atoms with van der Waals surface area (Å²) in [5.74, 6) is 0. The van der Waals surface area contributed by atoms with Crippen molar-refractivity contribution in [3.8, 4) is 0 Å². The van der Waals surface area contributed by atoms with E-state index in [4.69, 9.17) is 5.73 Å². The van der Waals surface area contributed by atoms with E-state index in [2.05, 4.69) is 38.2 Å². The number of hydrogen-bond donors (Lipinski definition) is 1. The van der Waals surface area contributed by atoms with E-state index in [1.807, 2.05) is 6.92 Å². The van der Waals surface area contributed by atoms with E-state index < -0.39 is 0 Å². The molecule has 0 saturated heterocycles. The summed E-state index contributed by atoms with van der Waals surface area (Å²) in [5.41, 5.74) is 8.08. The van der Waals surface area contributed by atoms with Crippen LogP contribution in [0.15, 0.2) is 35.6 Å². The molecule has 0 saturated carbocycles. The Labute approximate surface area is 74.7 Å². The molecule has 1 heteroatoms. The minimum Gasteiger partial charge on any atom is -0.399 e. The maximum Gasteiger partial charge on any atom is 0.0311 e. The van der Waals surface area contributed by atoms with Crippen LogP contribution in [0.3, 0.4) is 0 Å². The molecule has 0 fully saturated rings. The smallest absolute Gasteiger partial charge is 0.0311 e. The highest BCUT2D eigenvalue weighted by atomic mass is 14.6. The summed E-state index contributed by atoms with van der Waals surface area (Å²) < 4.78 is 0. The SMILES string of the molecule is CCC1(C)C=CC=C(C)C(N)=C1. The average molecular weight is 163 g/mol.